The average Bonchev–Trinajstić information content (AvgIpc) is 2.35. The zero-order valence-corrected chi connectivity index (χ0v) is 10.5. The zero-order valence-electron chi connectivity index (χ0n) is 10.5. The molecular weight excluding hydrogens is 202 g/mol. The summed E-state index contributed by atoms with van der Waals surface area (Å²) in [5.41, 5.74) is 4.09. The Morgan fingerprint density at radius 2 is 2.38 bits per heavy atom. The molecule has 1 rings (SSSR count). The lowest BCUT2D eigenvalue weighted by molar-refractivity contribution is -0.0448. The molecule has 94 valence electrons. The first-order chi connectivity index (χ1) is 7.71. The lowest BCUT2D eigenvalue weighted by Crippen LogP contribution is -2.54. The van der Waals surface area contributed by atoms with E-state index in [1.165, 1.54) is 5.57 Å². The molecule has 16 heavy (non-hydrogen) atoms. The van der Waals surface area contributed by atoms with Gasteiger partial charge in [-0.25, -0.2) is 0 Å². The van der Waals surface area contributed by atoms with Gasteiger partial charge in [0.2, 0.25) is 0 Å². The molecule has 3 N–H and O–H groups in total. The fourth-order valence-electron chi connectivity index (χ4n) is 2.02. The zero-order chi connectivity index (χ0) is 12.0. The highest BCUT2D eigenvalue weighted by Crippen LogP contribution is 2.15. The van der Waals surface area contributed by atoms with Gasteiger partial charge < -0.3 is 4.74 Å². The first-order valence-electron chi connectivity index (χ1n) is 6.18. The van der Waals surface area contributed by atoms with Crippen molar-refractivity contribution in [3.05, 3.63) is 12.2 Å². The predicted octanol–water partition coefficient (Wildman–Crippen LogP) is 0.895. The molecule has 1 aliphatic rings. The quantitative estimate of drug-likeness (QED) is 0.402. The maximum absolute atomic E-state index is 5.78. The number of ether oxygens (including phenoxy) is 1. The van der Waals surface area contributed by atoms with E-state index in [1.54, 1.807) is 0 Å². The number of nitrogens with zero attached hydrogens (tertiary/aromatic N) is 1. The minimum absolute atomic E-state index is 0.182. The summed E-state index contributed by atoms with van der Waals surface area (Å²) in [5.74, 6) is 5.60. The maximum atomic E-state index is 5.78. The van der Waals surface area contributed by atoms with Gasteiger partial charge in [0.25, 0.3) is 0 Å². The highest BCUT2D eigenvalue weighted by molar-refractivity contribution is 4.99. The Bertz CT molecular complexity index is 220. The molecule has 0 spiro atoms. The van der Waals surface area contributed by atoms with Crippen molar-refractivity contribution in [2.75, 3.05) is 26.2 Å². The molecule has 0 aromatic heterocycles. The van der Waals surface area contributed by atoms with E-state index in [0.717, 1.165) is 39.1 Å². The topological polar surface area (TPSA) is 50.5 Å². The van der Waals surface area contributed by atoms with E-state index in [0.29, 0.717) is 0 Å². The van der Waals surface area contributed by atoms with Crippen LogP contribution in [0.15, 0.2) is 12.2 Å². The highest BCUT2D eigenvalue weighted by Gasteiger charge is 2.26. The van der Waals surface area contributed by atoms with Crippen molar-refractivity contribution >= 4 is 0 Å². The van der Waals surface area contributed by atoms with Crippen LogP contribution in [0.2, 0.25) is 0 Å². The Hall–Kier alpha value is -0.420. The summed E-state index contributed by atoms with van der Waals surface area (Å²) in [7, 11) is 0. The number of hydrazine groups is 1. The molecule has 0 aromatic rings. The van der Waals surface area contributed by atoms with E-state index in [-0.39, 0.29) is 12.1 Å². The maximum Gasteiger partial charge on any atom is 0.0871 e. The summed E-state index contributed by atoms with van der Waals surface area (Å²) in [5, 5.41) is 0. The van der Waals surface area contributed by atoms with Gasteiger partial charge in [0, 0.05) is 13.1 Å². The van der Waals surface area contributed by atoms with E-state index in [4.69, 9.17) is 10.6 Å². The van der Waals surface area contributed by atoms with Gasteiger partial charge in [0.1, 0.15) is 0 Å². The van der Waals surface area contributed by atoms with Gasteiger partial charge in [-0.1, -0.05) is 26.0 Å². The molecule has 1 saturated heterocycles. The Labute approximate surface area is 98.8 Å². The van der Waals surface area contributed by atoms with E-state index in [2.05, 4.69) is 30.8 Å². The number of likely N-dealkylation sites (N-methyl/N-ethyl adjacent to an activating group) is 1. The Kier molecular flexibility index (Phi) is 5.98. The van der Waals surface area contributed by atoms with E-state index >= 15 is 0 Å². The summed E-state index contributed by atoms with van der Waals surface area (Å²) < 4.78 is 5.78. The molecule has 1 aliphatic heterocycles. The SMILES string of the molecule is C=C(CC)CC(NN)C1CN(CC)CCO1. The second-order valence-corrected chi connectivity index (χ2v) is 4.38. The van der Waals surface area contributed by atoms with Gasteiger partial charge in [-0.3, -0.25) is 16.2 Å². The molecule has 0 bridgehead atoms. The standard InChI is InChI=1S/C12H25N3O/c1-4-10(3)8-11(14-13)12-9-15(5-2)6-7-16-12/h11-12,14H,3-9,13H2,1-2H3. The third-order valence-corrected chi connectivity index (χ3v) is 3.30. The molecular formula is C12H25N3O. The Morgan fingerprint density at radius 1 is 1.62 bits per heavy atom. The molecule has 1 fully saturated rings. The van der Waals surface area contributed by atoms with Crippen LogP contribution in [0.4, 0.5) is 0 Å². The minimum atomic E-state index is 0.182. The second kappa shape index (κ2) is 7.01. The third kappa shape index (κ3) is 3.87. The van der Waals surface area contributed by atoms with Crippen LogP contribution < -0.4 is 11.3 Å². The first kappa shape index (κ1) is 13.6. The van der Waals surface area contributed by atoms with Crippen LogP contribution >= 0.6 is 0 Å². The fraction of sp³-hybridized carbons (Fsp3) is 0.833. The van der Waals surface area contributed by atoms with Crippen molar-refractivity contribution in [3.8, 4) is 0 Å². The van der Waals surface area contributed by atoms with Gasteiger partial charge >= 0.3 is 0 Å². The lowest BCUT2D eigenvalue weighted by Gasteiger charge is -2.36. The van der Waals surface area contributed by atoms with E-state index < -0.39 is 0 Å². The van der Waals surface area contributed by atoms with Crippen LogP contribution in [0.1, 0.15) is 26.7 Å². The number of morpholine rings is 1. The summed E-state index contributed by atoms with van der Waals surface area (Å²) in [6, 6.07) is 0.182. The van der Waals surface area contributed by atoms with Crippen molar-refractivity contribution < 1.29 is 4.74 Å². The van der Waals surface area contributed by atoms with Crippen molar-refractivity contribution in [1.82, 2.24) is 10.3 Å². The summed E-state index contributed by atoms with van der Waals surface area (Å²) in [6.07, 6.45) is 2.08. The molecule has 0 radical (unpaired) electrons. The molecule has 2 atom stereocenters. The summed E-state index contributed by atoms with van der Waals surface area (Å²) in [6.45, 7) is 12.2. The lowest BCUT2D eigenvalue weighted by atomic mass is 10.00. The largest absolute Gasteiger partial charge is 0.374 e. The molecule has 0 aliphatic carbocycles. The van der Waals surface area contributed by atoms with Gasteiger partial charge in [-0.15, -0.1) is 0 Å². The van der Waals surface area contributed by atoms with E-state index in [9.17, 15) is 0 Å². The second-order valence-electron chi connectivity index (χ2n) is 4.38. The Morgan fingerprint density at radius 3 is 2.94 bits per heavy atom. The van der Waals surface area contributed by atoms with Crippen LogP contribution in [0, 0.1) is 0 Å². The number of rotatable bonds is 6. The first-order valence-corrected chi connectivity index (χ1v) is 6.18. The number of nitrogens with two attached hydrogens (primary N) is 1. The van der Waals surface area contributed by atoms with Crippen molar-refractivity contribution in [3.63, 3.8) is 0 Å². The van der Waals surface area contributed by atoms with Crippen LogP contribution in [-0.2, 0) is 4.74 Å². The highest BCUT2D eigenvalue weighted by atomic mass is 16.5. The fourth-order valence-corrected chi connectivity index (χ4v) is 2.02. The Balaban J connectivity index is 2.48. The van der Waals surface area contributed by atoms with Crippen LogP contribution in [0.5, 0.6) is 0 Å². The smallest absolute Gasteiger partial charge is 0.0871 e. The van der Waals surface area contributed by atoms with Gasteiger partial charge in [-0.05, 0) is 19.4 Å². The number of hydrogen-bond donors (Lipinski definition) is 2. The molecule has 0 amide bonds. The van der Waals surface area contributed by atoms with Gasteiger partial charge in [0.05, 0.1) is 18.8 Å². The van der Waals surface area contributed by atoms with Crippen LogP contribution in [-0.4, -0.2) is 43.3 Å². The van der Waals surface area contributed by atoms with E-state index in [1.807, 2.05) is 0 Å². The number of nitrogens with one attached hydrogen (secondary N) is 1. The van der Waals surface area contributed by atoms with Crippen molar-refractivity contribution in [2.24, 2.45) is 5.84 Å². The van der Waals surface area contributed by atoms with Gasteiger partial charge in [-0.2, -0.15) is 0 Å². The molecule has 0 saturated carbocycles. The van der Waals surface area contributed by atoms with Crippen molar-refractivity contribution in [2.45, 2.75) is 38.8 Å². The predicted molar refractivity (Wildman–Crippen MR) is 67.0 cm³/mol. The number of hydrogen-bond acceptors (Lipinski definition) is 4. The minimum Gasteiger partial charge on any atom is -0.374 e. The van der Waals surface area contributed by atoms with Crippen molar-refractivity contribution in [1.29, 1.82) is 0 Å². The molecule has 0 aromatic carbocycles. The summed E-state index contributed by atoms with van der Waals surface area (Å²) >= 11 is 0. The molecule has 4 heteroatoms. The van der Waals surface area contributed by atoms with Crippen LogP contribution in [0.25, 0.3) is 0 Å². The molecule has 4 nitrogen and oxygen atoms in total. The summed E-state index contributed by atoms with van der Waals surface area (Å²) in [4.78, 5) is 2.40. The molecule has 1 heterocycles. The molecule has 2 unspecified atom stereocenters. The third-order valence-electron chi connectivity index (χ3n) is 3.30. The van der Waals surface area contributed by atoms with Crippen LogP contribution in [0.3, 0.4) is 0 Å². The monoisotopic (exact) mass is 227 g/mol. The van der Waals surface area contributed by atoms with Gasteiger partial charge in [0.15, 0.2) is 0 Å². The normalized spacial score (nSPS) is 24.3. The average molecular weight is 227 g/mol.